The van der Waals surface area contributed by atoms with Gasteiger partial charge in [-0.25, -0.2) is 8.42 Å². The number of sulfone groups is 1. The molecule has 0 aromatic carbocycles. The summed E-state index contributed by atoms with van der Waals surface area (Å²) in [6, 6.07) is -0.349. The van der Waals surface area contributed by atoms with Crippen LogP contribution in [0.25, 0.3) is 0 Å². The molecule has 0 spiro atoms. The number of nitrogens with zero attached hydrogens (tertiary/aromatic N) is 1. The molecule has 1 saturated heterocycles. The lowest BCUT2D eigenvalue weighted by Crippen LogP contribution is -2.51. The van der Waals surface area contributed by atoms with Gasteiger partial charge in [0, 0.05) is 33.4 Å². The van der Waals surface area contributed by atoms with Gasteiger partial charge in [-0.15, -0.1) is 0 Å². The second-order valence-corrected chi connectivity index (χ2v) is 8.43. The summed E-state index contributed by atoms with van der Waals surface area (Å²) < 4.78 is 27.9. The van der Waals surface area contributed by atoms with E-state index in [1.807, 2.05) is 0 Å². The maximum atomic E-state index is 12.5. The van der Waals surface area contributed by atoms with Crippen molar-refractivity contribution in [2.45, 2.75) is 32.7 Å². The molecule has 1 heterocycles. The van der Waals surface area contributed by atoms with Crippen LogP contribution in [-0.2, 0) is 24.2 Å². The standard InChI is InChI=1S/C14H26N2O5S/c1-14(2,12(17)15-7-5-8-21-4)13(18)16(3)11-6-9-22(19,20)10-11/h11H,5-10H2,1-4H3,(H,15,17). The molecule has 2 amide bonds. The molecular formula is C14H26N2O5S. The number of nitrogens with one attached hydrogen (secondary N) is 1. The van der Waals surface area contributed by atoms with Crippen LogP contribution in [0.5, 0.6) is 0 Å². The maximum absolute atomic E-state index is 12.5. The fraction of sp³-hybridized carbons (Fsp3) is 0.857. The molecule has 0 aromatic heterocycles. The number of ether oxygens (including phenoxy) is 1. The van der Waals surface area contributed by atoms with Gasteiger partial charge in [0.05, 0.1) is 11.5 Å². The Balaban J connectivity index is 2.63. The first-order valence-electron chi connectivity index (χ1n) is 7.36. The third-order valence-corrected chi connectivity index (χ3v) is 5.74. The normalized spacial score (nSPS) is 20.6. The highest BCUT2D eigenvalue weighted by Gasteiger charge is 2.42. The SMILES string of the molecule is COCCCNC(=O)C(C)(C)C(=O)N(C)C1CCS(=O)(=O)C1. The molecule has 0 saturated carbocycles. The molecule has 0 aromatic rings. The van der Waals surface area contributed by atoms with Gasteiger partial charge in [0.25, 0.3) is 0 Å². The first-order valence-corrected chi connectivity index (χ1v) is 9.19. The molecule has 0 bridgehead atoms. The molecule has 1 rings (SSSR count). The fourth-order valence-corrected chi connectivity index (χ4v) is 4.20. The molecule has 1 N–H and O–H groups in total. The van der Waals surface area contributed by atoms with Gasteiger partial charge in [-0.05, 0) is 26.7 Å². The maximum Gasteiger partial charge on any atom is 0.237 e. The van der Waals surface area contributed by atoms with Crippen LogP contribution >= 0.6 is 0 Å². The zero-order chi connectivity index (χ0) is 17.0. The second-order valence-electron chi connectivity index (χ2n) is 6.20. The van der Waals surface area contributed by atoms with Crippen molar-refractivity contribution in [2.75, 3.05) is 38.8 Å². The first kappa shape index (κ1) is 18.9. The van der Waals surface area contributed by atoms with E-state index in [1.54, 1.807) is 28.0 Å². The number of rotatable bonds is 7. The minimum absolute atomic E-state index is 0.0270. The Morgan fingerprint density at radius 3 is 2.50 bits per heavy atom. The van der Waals surface area contributed by atoms with Crippen molar-refractivity contribution in [2.24, 2.45) is 5.41 Å². The van der Waals surface area contributed by atoms with Crippen LogP contribution in [0.4, 0.5) is 0 Å². The van der Waals surface area contributed by atoms with Gasteiger partial charge in [0.1, 0.15) is 5.41 Å². The van der Waals surface area contributed by atoms with Gasteiger partial charge in [-0.1, -0.05) is 0 Å². The van der Waals surface area contributed by atoms with Crippen LogP contribution in [0.15, 0.2) is 0 Å². The van der Waals surface area contributed by atoms with E-state index in [2.05, 4.69) is 5.32 Å². The number of methoxy groups -OCH3 is 1. The molecule has 0 aliphatic carbocycles. The lowest BCUT2D eigenvalue weighted by atomic mass is 9.89. The minimum Gasteiger partial charge on any atom is -0.385 e. The summed E-state index contributed by atoms with van der Waals surface area (Å²) in [4.78, 5) is 26.1. The van der Waals surface area contributed by atoms with E-state index in [4.69, 9.17) is 4.74 Å². The fourth-order valence-electron chi connectivity index (χ4n) is 2.42. The quantitative estimate of drug-likeness (QED) is 0.515. The molecule has 1 aliphatic heterocycles. The Morgan fingerprint density at radius 1 is 1.36 bits per heavy atom. The van der Waals surface area contributed by atoms with E-state index >= 15 is 0 Å². The molecule has 1 unspecified atom stereocenters. The number of carbonyl (C=O) groups is 2. The van der Waals surface area contributed by atoms with Crippen molar-refractivity contribution in [1.29, 1.82) is 0 Å². The van der Waals surface area contributed by atoms with Gasteiger partial charge in [0.2, 0.25) is 11.8 Å². The number of carbonyl (C=O) groups excluding carboxylic acids is 2. The van der Waals surface area contributed by atoms with Gasteiger partial charge < -0.3 is 15.0 Å². The Hall–Kier alpha value is -1.15. The van der Waals surface area contributed by atoms with E-state index in [9.17, 15) is 18.0 Å². The average Bonchev–Trinajstić information content (AvgIpc) is 2.81. The topological polar surface area (TPSA) is 92.8 Å². The van der Waals surface area contributed by atoms with Crippen molar-refractivity contribution in [3.05, 3.63) is 0 Å². The third-order valence-electron chi connectivity index (χ3n) is 3.99. The van der Waals surface area contributed by atoms with Crippen molar-refractivity contribution in [1.82, 2.24) is 10.2 Å². The predicted molar refractivity (Wildman–Crippen MR) is 83.1 cm³/mol. The Bertz CT molecular complexity index is 515. The van der Waals surface area contributed by atoms with E-state index in [-0.39, 0.29) is 29.4 Å². The minimum atomic E-state index is -3.07. The van der Waals surface area contributed by atoms with Crippen LogP contribution in [-0.4, -0.2) is 70.0 Å². The van der Waals surface area contributed by atoms with Crippen LogP contribution in [0, 0.1) is 5.41 Å². The second kappa shape index (κ2) is 7.41. The Morgan fingerprint density at radius 2 is 2.00 bits per heavy atom. The predicted octanol–water partition coefficient (Wildman–Crippen LogP) is -0.189. The van der Waals surface area contributed by atoms with Crippen molar-refractivity contribution >= 4 is 21.7 Å². The van der Waals surface area contributed by atoms with Gasteiger partial charge in [-0.3, -0.25) is 9.59 Å². The third kappa shape index (κ3) is 4.67. The molecular weight excluding hydrogens is 308 g/mol. The highest BCUT2D eigenvalue weighted by Crippen LogP contribution is 2.24. The zero-order valence-corrected chi connectivity index (χ0v) is 14.5. The monoisotopic (exact) mass is 334 g/mol. The summed E-state index contributed by atoms with van der Waals surface area (Å²) in [7, 11) is 0.0779. The van der Waals surface area contributed by atoms with Crippen molar-refractivity contribution < 1.29 is 22.7 Å². The molecule has 7 nitrogen and oxygen atoms in total. The Kier molecular flexibility index (Phi) is 6.37. The average molecular weight is 334 g/mol. The Labute approximate surface area is 132 Å². The lowest BCUT2D eigenvalue weighted by molar-refractivity contribution is -0.148. The van der Waals surface area contributed by atoms with Crippen molar-refractivity contribution in [3.8, 4) is 0 Å². The summed E-state index contributed by atoms with van der Waals surface area (Å²) in [6.07, 6.45) is 1.10. The molecule has 128 valence electrons. The number of amides is 2. The largest absolute Gasteiger partial charge is 0.385 e. The summed E-state index contributed by atoms with van der Waals surface area (Å²) >= 11 is 0. The first-order chi connectivity index (χ1) is 10.1. The van der Waals surface area contributed by atoms with E-state index < -0.39 is 15.3 Å². The molecule has 1 aliphatic rings. The summed E-state index contributed by atoms with van der Waals surface area (Å²) in [5.74, 6) is -0.653. The lowest BCUT2D eigenvalue weighted by Gasteiger charge is -2.31. The van der Waals surface area contributed by atoms with E-state index in [0.717, 1.165) is 0 Å². The van der Waals surface area contributed by atoms with Crippen LogP contribution < -0.4 is 5.32 Å². The smallest absolute Gasteiger partial charge is 0.237 e. The summed E-state index contributed by atoms with van der Waals surface area (Å²) in [5.41, 5.74) is -1.23. The van der Waals surface area contributed by atoms with Crippen LogP contribution in [0.1, 0.15) is 26.7 Å². The van der Waals surface area contributed by atoms with Crippen LogP contribution in [0.2, 0.25) is 0 Å². The summed E-state index contributed by atoms with van der Waals surface area (Å²) in [5, 5.41) is 2.72. The highest BCUT2D eigenvalue weighted by atomic mass is 32.2. The molecule has 22 heavy (non-hydrogen) atoms. The molecule has 8 heteroatoms. The van der Waals surface area contributed by atoms with Crippen LogP contribution in [0.3, 0.4) is 0 Å². The number of hydrogen-bond donors (Lipinski definition) is 1. The van der Waals surface area contributed by atoms with E-state index in [1.165, 1.54) is 4.90 Å². The molecule has 0 radical (unpaired) electrons. The van der Waals surface area contributed by atoms with Crippen molar-refractivity contribution in [3.63, 3.8) is 0 Å². The molecule has 1 fully saturated rings. The summed E-state index contributed by atoms with van der Waals surface area (Å²) in [6.45, 7) is 4.08. The van der Waals surface area contributed by atoms with Gasteiger partial charge in [0.15, 0.2) is 9.84 Å². The highest BCUT2D eigenvalue weighted by molar-refractivity contribution is 7.91. The number of hydrogen-bond acceptors (Lipinski definition) is 5. The molecule has 1 atom stereocenters. The van der Waals surface area contributed by atoms with Gasteiger partial charge >= 0.3 is 0 Å². The zero-order valence-electron chi connectivity index (χ0n) is 13.7. The van der Waals surface area contributed by atoms with Gasteiger partial charge in [-0.2, -0.15) is 0 Å². The van der Waals surface area contributed by atoms with E-state index in [0.29, 0.717) is 26.0 Å².